The molecule has 0 amide bonds. The number of cyclic esters (lactones) is 1. The lowest BCUT2D eigenvalue weighted by Crippen LogP contribution is -2.15. The number of benzene rings is 3. The summed E-state index contributed by atoms with van der Waals surface area (Å²) in [4.78, 5) is 17.4. The third kappa shape index (κ3) is 3.46. The van der Waals surface area contributed by atoms with Gasteiger partial charge in [0, 0.05) is 17.0 Å². The fraction of sp³-hybridized carbons (Fsp3) is 0.185. The Labute approximate surface area is 195 Å². The highest BCUT2D eigenvalue weighted by Gasteiger charge is 2.30. The van der Waals surface area contributed by atoms with Gasteiger partial charge < -0.3 is 23.7 Å². The minimum absolute atomic E-state index is 0.133. The van der Waals surface area contributed by atoms with Crippen molar-refractivity contribution < 1.29 is 28.5 Å². The number of esters is 1. The zero-order valence-electron chi connectivity index (χ0n) is 18.5. The molecule has 3 aromatic carbocycles. The van der Waals surface area contributed by atoms with Crippen molar-refractivity contribution in [3.63, 3.8) is 0 Å². The van der Waals surface area contributed by atoms with E-state index >= 15 is 0 Å². The molecule has 7 nitrogen and oxygen atoms in total. The molecule has 2 aliphatic rings. The molecule has 34 heavy (non-hydrogen) atoms. The summed E-state index contributed by atoms with van der Waals surface area (Å²) in [5, 5.41) is 0.762. The largest absolute Gasteiger partial charge is 0.493 e. The average molecular weight is 455 g/mol. The molecule has 0 bridgehead atoms. The van der Waals surface area contributed by atoms with Gasteiger partial charge in [-0.25, -0.2) is 9.78 Å². The quantitative estimate of drug-likeness (QED) is 0.395. The molecule has 6 rings (SSSR count). The predicted octanol–water partition coefficient (Wildman–Crippen LogP) is 4.93. The Morgan fingerprint density at radius 2 is 1.71 bits per heavy atom. The number of ether oxygens (including phenoxy) is 5. The normalized spacial score (nSPS) is 14.0. The molecule has 0 fully saturated rings. The van der Waals surface area contributed by atoms with Crippen molar-refractivity contribution in [3.05, 3.63) is 77.5 Å². The van der Waals surface area contributed by atoms with Crippen LogP contribution in [0.2, 0.25) is 0 Å². The summed E-state index contributed by atoms with van der Waals surface area (Å²) in [6.45, 7) is 1.51. The van der Waals surface area contributed by atoms with Crippen LogP contribution in [-0.4, -0.2) is 31.3 Å². The molecule has 2 aliphatic heterocycles. The number of aromatic nitrogens is 1. The van der Waals surface area contributed by atoms with Crippen LogP contribution >= 0.6 is 0 Å². The maximum absolute atomic E-state index is 12.7. The molecule has 0 N–H and O–H groups in total. The van der Waals surface area contributed by atoms with Crippen LogP contribution in [0, 0.1) is 0 Å². The molecule has 7 heteroatoms. The van der Waals surface area contributed by atoms with Gasteiger partial charge in [0.2, 0.25) is 0 Å². The molecule has 0 saturated carbocycles. The lowest BCUT2D eigenvalue weighted by Gasteiger charge is -2.20. The number of pyridine rings is 1. The van der Waals surface area contributed by atoms with Crippen LogP contribution in [-0.2, 0) is 18.0 Å². The summed E-state index contributed by atoms with van der Waals surface area (Å²) in [7, 11) is 1.59. The van der Waals surface area contributed by atoms with Crippen molar-refractivity contribution in [2.75, 3.05) is 20.3 Å². The van der Waals surface area contributed by atoms with E-state index in [1.54, 1.807) is 7.11 Å². The molecule has 0 saturated heterocycles. The summed E-state index contributed by atoms with van der Waals surface area (Å²) in [6, 6.07) is 19.3. The van der Waals surface area contributed by atoms with E-state index in [9.17, 15) is 4.79 Å². The molecular weight excluding hydrogens is 434 g/mol. The number of rotatable bonds is 5. The van der Waals surface area contributed by atoms with E-state index in [1.807, 2.05) is 60.7 Å². The molecule has 0 radical (unpaired) electrons. The average Bonchev–Trinajstić information content (AvgIpc) is 3.25. The van der Waals surface area contributed by atoms with E-state index in [4.69, 9.17) is 28.7 Å². The fourth-order valence-corrected chi connectivity index (χ4v) is 4.36. The minimum atomic E-state index is -0.391. The predicted molar refractivity (Wildman–Crippen MR) is 125 cm³/mol. The van der Waals surface area contributed by atoms with Gasteiger partial charge in [0.05, 0.1) is 23.9 Å². The van der Waals surface area contributed by atoms with Crippen molar-refractivity contribution in [1.29, 1.82) is 0 Å². The van der Waals surface area contributed by atoms with E-state index in [0.29, 0.717) is 59.6 Å². The van der Waals surface area contributed by atoms with Gasteiger partial charge in [0.25, 0.3) is 0 Å². The minimum Gasteiger partial charge on any atom is -0.493 e. The number of carbonyl (C=O) groups excluding carboxylic acids is 1. The summed E-state index contributed by atoms with van der Waals surface area (Å²) in [5.41, 5.74) is 4.33. The zero-order chi connectivity index (χ0) is 23.1. The van der Waals surface area contributed by atoms with Gasteiger partial charge in [-0.1, -0.05) is 36.4 Å². The van der Waals surface area contributed by atoms with Gasteiger partial charge >= 0.3 is 5.97 Å². The third-order valence-electron chi connectivity index (χ3n) is 5.96. The second-order valence-corrected chi connectivity index (χ2v) is 8.04. The summed E-state index contributed by atoms with van der Waals surface area (Å²) in [6.07, 6.45) is 0. The fourth-order valence-electron chi connectivity index (χ4n) is 4.36. The van der Waals surface area contributed by atoms with Crippen LogP contribution in [0.1, 0.15) is 21.6 Å². The van der Waals surface area contributed by atoms with Crippen LogP contribution in [0.3, 0.4) is 0 Å². The van der Waals surface area contributed by atoms with Gasteiger partial charge in [0.1, 0.15) is 26.4 Å². The third-order valence-corrected chi connectivity index (χ3v) is 5.96. The number of methoxy groups -OCH3 is 1. The van der Waals surface area contributed by atoms with Crippen molar-refractivity contribution >= 4 is 16.9 Å². The number of fused-ring (bicyclic) bond motifs is 3. The molecule has 170 valence electrons. The highest BCUT2D eigenvalue weighted by Crippen LogP contribution is 2.43. The standard InChI is InChI=1S/C27H21NO6/c1-30-22-12-18-19(13-24(22)33-14-16-5-3-2-4-6-16)28-20-15-34-27(29)26(20)25(18)17-7-8-21-23(11-17)32-10-9-31-21/h2-8,11-13H,9-10,14-15H2,1H3. The molecule has 0 unspecified atom stereocenters. The first-order chi connectivity index (χ1) is 16.7. The lowest BCUT2D eigenvalue weighted by atomic mass is 9.94. The van der Waals surface area contributed by atoms with Crippen molar-refractivity contribution in [2.45, 2.75) is 13.2 Å². The summed E-state index contributed by atoms with van der Waals surface area (Å²) >= 11 is 0. The molecule has 0 aliphatic carbocycles. The number of carbonyl (C=O) groups is 1. The van der Waals surface area contributed by atoms with E-state index in [0.717, 1.165) is 22.1 Å². The van der Waals surface area contributed by atoms with Crippen molar-refractivity contribution in [2.24, 2.45) is 0 Å². The molecule has 3 heterocycles. The van der Waals surface area contributed by atoms with Crippen LogP contribution < -0.4 is 18.9 Å². The Morgan fingerprint density at radius 1 is 0.882 bits per heavy atom. The molecule has 1 aromatic heterocycles. The highest BCUT2D eigenvalue weighted by atomic mass is 16.6. The summed E-state index contributed by atoms with van der Waals surface area (Å²) < 4.78 is 28.5. The summed E-state index contributed by atoms with van der Waals surface area (Å²) in [5.74, 6) is 2.06. The highest BCUT2D eigenvalue weighted by molar-refractivity contribution is 6.09. The second-order valence-electron chi connectivity index (χ2n) is 8.04. The van der Waals surface area contributed by atoms with Crippen LogP contribution in [0.15, 0.2) is 60.7 Å². The van der Waals surface area contributed by atoms with Gasteiger partial charge in [-0.05, 0) is 29.3 Å². The Balaban J connectivity index is 1.51. The Morgan fingerprint density at radius 3 is 2.53 bits per heavy atom. The SMILES string of the molecule is COc1cc2c(-c3ccc4c(c3)OCCO4)c3c(nc2cc1OCc1ccccc1)COC3=O. The first-order valence-corrected chi connectivity index (χ1v) is 11.0. The van der Waals surface area contributed by atoms with E-state index < -0.39 is 5.97 Å². The van der Waals surface area contributed by atoms with Gasteiger partial charge in [-0.3, -0.25) is 0 Å². The first-order valence-electron chi connectivity index (χ1n) is 11.0. The van der Waals surface area contributed by atoms with Crippen LogP contribution in [0.25, 0.3) is 22.0 Å². The Bertz CT molecular complexity index is 1420. The molecule has 0 spiro atoms. The van der Waals surface area contributed by atoms with Crippen molar-refractivity contribution in [1.82, 2.24) is 4.98 Å². The number of nitrogens with zero attached hydrogens (tertiary/aromatic N) is 1. The maximum Gasteiger partial charge on any atom is 0.341 e. The second kappa shape index (κ2) is 8.26. The zero-order valence-corrected chi connectivity index (χ0v) is 18.5. The number of hydrogen-bond acceptors (Lipinski definition) is 7. The van der Waals surface area contributed by atoms with E-state index in [2.05, 4.69) is 0 Å². The topological polar surface area (TPSA) is 76.1 Å². The molecule has 0 atom stereocenters. The van der Waals surface area contributed by atoms with Crippen LogP contribution in [0.5, 0.6) is 23.0 Å². The van der Waals surface area contributed by atoms with Gasteiger partial charge in [0.15, 0.2) is 23.0 Å². The smallest absolute Gasteiger partial charge is 0.341 e. The molecular formula is C27H21NO6. The van der Waals surface area contributed by atoms with E-state index in [1.165, 1.54) is 0 Å². The van der Waals surface area contributed by atoms with E-state index in [-0.39, 0.29) is 6.61 Å². The van der Waals surface area contributed by atoms with Gasteiger partial charge in [-0.2, -0.15) is 0 Å². The van der Waals surface area contributed by atoms with Crippen LogP contribution in [0.4, 0.5) is 0 Å². The first kappa shape index (κ1) is 20.4. The Kier molecular flexibility index (Phi) is 4.95. The lowest BCUT2D eigenvalue weighted by molar-refractivity contribution is 0.0534. The van der Waals surface area contributed by atoms with Crippen molar-refractivity contribution in [3.8, 4) is 34.1 Å². The molecule has 4 aromatic rings. The Hall–Kier alpha value is -4.26. The maximum atomic E-state index is 12.7. The van der Waals surface area contributed by atoms with Gasteiger partial charge in [-0.15, -0.1) is 0 Å². The monoisotopic (exact) mass is 455 g/mol. The number of hydrogen-bond donors (Lipinski definition) is 0.